The number of aryl methyl sites for hydroxylation is 1. The fourth-order valence-corrected chi connectivity index (χ4v) is 3.71. The lowest BCUT2D eigenvalue weighted by atomic mass is 10.1. The van der Waals surface area contributed by atoms with Crippen LogP contribution in [0, 0.1) is 17.0 Å². The van der Waals surface area contributed by atoms with Crippen LogP contribution >= 0.6 is 0 Å². The van der Waals surface area contributed by atoms with Crippen molar-refractivity contribution in [3.63, 3.8) is 0 Å². The minimum Gasteiger partial charge on any atom is -0.352 e. The summed E-state index contributed by atoms with van der Waals surface area (Å²) in [5.74, 6) is -1.07. The number of carbonyl (C=O) groups excluding carboxylic acids is 2. The number of anilines is 2. The van der Waals surface area contributed by atoms with E-state index in [1.165, 1.54) is 18.2 Å². The molecule has 0 aliphatic carbocycles. The van der Waals surface area contributed by atoms with Crippen LogP contribution in [0.2, 0.25) is 0 Å². The molecule has 0 aromatic heterocycles. The normalized spacial score (nSPS) is 10.9. The molecule has 2 rings (SSSR count). The molecule has 0 unspecified atom stereocenters. The number of benzene rings is 2. The number of carbonyl (C=O) groups is 2. The van der Waals surface area contributed by atoms with E-state index < -0.39 is 27.4 Å². The molecule has 0 atom stereocenters. The van der Waals surface area contributed by atoms with Gasteiger partial charge in [-0.1, -0.05) is 25.1 Å². The Bertz CT molecular complexity index is 1100. The van der Waals surface area contributed by atoms with Crippen LogP contribution in [0.15, 0.2) is 42.5 Å². The first-order valence-corrected chi connectivity index (χ1v) is 11.3. The van der Waals surface area contributed by atoms with Crippen molar-refractivity contribution >= 4 is 38.9 Å². The van der Waals surface area contributed by atoms with E-state index >= 15 is 0 Å². The third kappa shape index (κ3) is 6.25. The van der Waals surface area contributed by atoms with E-state index in [1.54, 1.807) is 25.1 Å². The molecule has 0 saturated carbocycles. The Hall–Kier alpha value is -3.47. The van der Waals surface area contributed by atoms with Crippen LogP contribution in [0.25, 0.3) is 0 Å². The second kappa shape index (κ2) is 10.0. The van der Waals surface area contributed by atoms with Crippen molar-refractivity contribution in [2.75, 3.05) is 29.0 Å². The van der Waals surface area contributed by atoms with Crippen molar-refractivity contribution in [3.8, 4) is 0 Å². The Morgan fingerprint density at radius 1 is 1.16 bits per heavy atom. The summed E-state index contributed by atoms with van der Waals surface area (Å²) in [6.07, 6.45) is 1.65. The first-order chi connectivity index (χ1) is 14.5. The number of non-ortho nitro benzene ring substituents is 1. The van der Waals surface area contributed by atoms with Crippen LogP contribution in [0.1, 0.15) is 29.3 Å². The van der Waals surface area contributed by atoms with E-state index in [-0.39, 0.29) is 28.5 Å². The number of sulfonamides is 1. The van der Waals surface area contributed by atoms with E-state index in [0.717, 1.165) is 23.0 Å². The molecule has 0 aliphatic heterocycles. The molecule has 0 saturated heterocycles. The van der Waals surface area contributed by atoms with Gasteiger partial charge in [0.1, 0.15) is 6.54 Å². The molecule has 31 heavy (non-hydrogen) atoms. The second-order valence-electron chi connectivity index (χ2n) is 6.85. The zero-order valence-electron chi connectivity index (χ0n) is 17.4. The first kappa shape index (κ1) is 23.8. The maximum absolute atomic E-state index is 12.7. The standard InChI is InChI=1S/C20H24N4O6S/c1-4-11-21-20(26)16-7-5-6-8-17(16)22-19(25)13-23(31(3,29)30)18-12-15(24(27)28)10-9-14(18)2/h5-10,12H,4,11,13H2,1-3H3,(H,21,26)(H,22,25). The SMILES string of the molecule is CCCNC(=O)c1ccccc1NC(=O)CN(c1cc([N+](=O)[O-])ccc1C)S(C)(=O)=O. The lowest BCUT2D eigenvalue weighted by Crippen LogP contribution is -2.38. The summed E-state index contributed by atoms with van der Waals surface area (Å²) in [5.41, 5.74) is 0.642. The predicted octanol–water partition coefficient (Wildman–Crippen LogP) is 2.45. The fraction of sp³-hybridized carbons (Fsp3) is 0.300. The molecule has 0 heterocycles. The van der Waals surface area contributed by atoms with Crippen molar-refractivity contribution in [1.82, 2.24) is 5.32 Å². The largest absolute Gasteiger partial charge is 0.352 e. The molecular weight excluding hydrogens is 424 g/mol. The molecule has 166 valence electrons. The molecule has 2 amide bonds. The van der Waals surface area contributed by atoms with Crippen molar-refractivity contribution in [3.05, 3.63) is 63.7 Å². The number of nitro groups is 1. The zero-order chi connectivity index (χ0) is 23.2. The quantitative estimate of drug-likeness (QED) is 0.446. The first-order valence-electron chi connectivity index (χ1n) is 9.44. The van der Waals surface area contributed by atoms with E-state index in [2.05, 4.69) is 10.6 Å². The zero-order valence-corrected chi connectivity index (χ0v) is 18.2. The van der Waals surface area contributed by atoms with E-state index in [4.69, 9.17) is 0 Å². The Kier molecular flexibility index (Phi) is 7.70. The Labute approximate surface area is 180 Å². The van der Waals surface area contributed by atoms with E-state index in [9.17, 15) is 28.1 Å². The van der Waals surface area contributed by atoms with E-state index in [1.807, 2.05) is 6.92 Å². The number of para-hydroxylation sites is 1. The highest BCUT2D eigenvalue weighted by atomic mass is 32.2. The van der Waals surface area contributed by atoms with Gasteiger partial charge in [-0.15, -0.1) is 0 Å². The number of nitrogens with one attached hydrogen (secondary N) is 2. The van der Waals surface area contributed by atoms with Gasteiger partial charge in [-0.25, -0.2) is 8.42 Å². The molecule has 0 fully saturated rings. The summed E-state index contributed by atoms with van der Waals surface area (Å²) >= 11 is 0. The maximum Gasteiger partial charge on any atom is 0.271 e. The van der Waals surface area contributed by atoms with Crippen molar-refractivity contribution in [1.29, 1.82) is 0 Å². The summed E-state index contributed by atoms with van der Waals surface area (Å²) in [4.78, 5) is 35.5. The molecule has 2 N–H and O–H groups in total. The molecular formula is C20H24N4O6S. The summed E-state index contributed by atoms with van der Waals surface area (Å²) in [6.45, 7) is 3.34. The summed E-state index contributed by atoms with van der Waals surface area (Å²) < 4.78 is 25.5. The van der Waals surface area contributed by atoms with Gasteiger partial charge in [0.05, 0.1) is 28.1 Å². The molecule has 11 heteroatoms. The van der Waals surface area contributed by atoms with Gasteiger partial charge in [0, 0.05) is 18.7 Å². The number of hydrogen-bond donors (Lipinski definition) is 2. The minimum atomic E-state index is -3.94. The van der Waals surface area contributed by atoms with Gasteiger partial charge in [-0.05, 0) is 31.0 Å². The monoisotopic (exact) mass is 448 g/mol. The van der Waals surface area contributed by atoms with Crippen LogP contribution in [-0.4, -0.2) is 44.5 Å². The van der Waals surface area contributed by atoms with Crippen LogP contribution in [-0.2, 0) is 14.8 Å². The Morgan fingerprint density at radius 2 is 1.84 bits per heavy atom. The summed E-state index contributed by atoms with van der Waals surface area (Å²) in [6, 6.07) is 10.1. The highest BCUT2D eigenvalue weighted by molar-refractivity contribution is 7.92. The van der Waals surface area contributed by atoms with Crippen molar-refractivity contribution in [2.24, 2.45) is 0 Å². The lowest BCUT2D eigenvalue weighted by Gasteiger charge is -2.23. The number of nitrogens with zero attached hydrogens (tertiary/aromatic N) is 2. The maximum atomic E-state index is 12.7. The number of rotatable bonds is 9. The van der Waals surface area contributed by atoms with Gasteiger partial charge in [0.2, 0.25) is 15.9 Å². The van der Waals surface area contributed by atoms with Crippen molar-refractivity contribution < 1.29 is 22.9 Å². The topological polar surface area (TPSA) is 139 Å². The van der Waals surface area contributed by atoms with Crippen LogP contribution in [0.4, 0.5) is 17.1 Å². The van der Waals surface area contributed by atoms with Crippen LogP contribution in [0.3, 0.4) is 0 Å². The molecule has 2 aromatic rings. The molecule has 0 bridgehead atoms. The molecule has 2 aromatic carbocycles. The van der Waals surface area contributed by atoms with Gasteiger partial charge in [0.15, 0.2) is 0 Å². The predicted molar refractivity (Wildman–Crippen MR) is 118 cm³/mol. The molecule has 0 spiro atoms. The molecule has 10 nitrogen and oxygen atoms in total. The number of hydrogen-bond acceptors (Lipinski definition) is 6. The highest BCUT2D eigenvalue weighted by Crippen LogP contribution is 2.27. The smallest absolute Gasteiger partial charge is 0.271 e. The van der Waals surface area contributed by atoms with Crippen molar-refractivity contribution in [2.45, 2.75) is 20.3 Å². The second-order valence-corrected chi connectivity index (χ2v) is 8.75. The van der Waals surface area contributed by atoms with Gasteiger partial charge < -0.3 is 10.6 Å². The average molecular weight is 449 g/mol. The number of amides is 2. The number of nitro benzene ring substituents is 1. The summed E-state index contributed by atoms with van der Waals surface area (Å²) in [5, 5.41) is 16.4. The van der Waals surface area contributed by atoms with E-state index in [0.29, 0.717) is 12.1 Å². The highest BCUT2D eigenvalue weighted by Gasteiger charge is 2.25. The fourth-order valence-electron chi connectivity index (χ4n) is 2.81. The lowest BCUT2D eigenvalue weighted by molar-refractivity contribution is -0.384. The third-order valence-electron chi connectivity index (χ3n) is 4.34. The Balaban J connectivity index is 2.32. The van der Waals surface area contributed by atoms with Crippen LogP contribution < -0.4 is 14.9 Å². The molecule has 0 radical (unpaired) electrons. The average Bonchev–Trinajstić information content (AvgIpc) is 2.70. The minimum absolute atomic E-state index is 0.0285. The van der Waals surface area contributed by atoms with Gasteiger partial charge in [-0.2, -0.15) is 0 Å². The third-order valence-corrected chi connectivity index (χ3v) is 5.47. The summed E-state index contributed by atoms with van der Waals surface area (Å²) in [7, 11) is -3.94. The van der Waals surface area contributed by atoms with Gasteiger partial charge >= 0.3 is 0 Å². The Morgan fingerprint density at radius 3 is 2.45 bits per heavy atom. The van der Waals surface area contributed by atoms with Gasteiger partial charge in [0.25, 0.3) is 11.6 Å². The van der Waals surface area contributed by atoms with Gasteiger partial charge in [-0.3, -0.25) is 24.0 Å². The van der Waals surface area contributed by atoms with Crippen LogP contribution in [0.5, 0.6) is 0 Å². The molecule has 0 aliphatic rings.